The van der Waals surface area contributed by atoms with Crippen LogP contribution in [0.2, 0.25) is 0 Å². The summed E-state index contributed by atoms with van der Waals surface area (Å²) in [5, 5.41) is 24.2. The van der Waals surface area contributed by atoms with E-state index in [4.69, 9.17) is 14.0 Å². The highest BCUT2D eigenvalue weighted by Gasteiger charge is 2.43. The molecule has 8 nitrogen and oxygen atoms in total. The summed E-state index contributed by atoms with van der Waals surface area (Å²) >= 11 is 0. The average Bonchev–Trinajstić information content (AvgIpc) is 3.53. The molecule has 0 unspecified atom stereocenters. The zero-order chi connectivity index (χ0) is 24.3. The minimum absolute atomic E-state index is 0.129. The van der Waals surface area contributed by atoms with Crippen LogP contribution in [0.25, 0.3) is 11.0 Å². The standard InChI is InChI=1S/C27H38N2O6/c30-16-19-6-8-21(9-7-19)34-22-4-3-5-23-24(22)25(28-35-23)33-17-20-10-14-29(15-11-20)18-27(26(31)32)12-1-2-13-27/h3-5,19-21,30H,1-2,6-18H2,(H,31,32)/t19-,21+. The maximum absolute atomic E-state index is 11.9. The molecule has 0 bridgehead atoms. The van der Waals surface area contributed by atoms with Gasteiger partial charge in [-0.2, -0.15) is 0 Å². The molecule has 1 saturated heterocycles. The minimum Gasteiger partial charge on any atom is -0.489 e. The molecule has 3 fully saturated rings. The second kappa shape index (κ2) is 10.7. The van der Waals surface area contributed by atoms with Gasteiger partial charge in [0.25, 0.3) is 5.88 Å². The molecule has 2 aromatic rings. The van der Waals surface area contributed by atoms with Gasteiger partial charge in [-0.15, -0.1) is 0 Å². The van der Waals surface area contributed by atoms with Crippen molar-refractivity contribution in [1.82, 2.24) is 10.1 Å². The number of hydrogen-bond donors (Lipinski definition) is 2. The van der Waals surface area contributed by atoms with Gasteiger partial charge in [0, 0.05) is 13.2 Å². The van der Waals surface area contributed by atoms with Crippen LogP contribution in [0.15, 0.2) is 22.7 Å². The van der Waals surface area contributed by atoms with Gasteiger partial charge < -0.3 is 29.1 Å². The molecule has 2 N–H and O–H groups in total. The van der Waals surface area contributed by atoms with Gasteiger partial charge in [-0.05, 0) is 93.6 Å². The summed E-state index contributed by atoms with van der Waals surface area (Å²) in [5.74, 6) is 1.40. The molecule has 2 saturated carbocycles. The number of carboxylic acids is 1. The monoisotopic (exact) mass is 486 g/mol. The van der Waals surface area contributed by atoms with Gasteiger partial charge in [-0.3, -0.25) is 4.79 Å². The smallest absolute Gasteiger partial charge is 0.310 e. The Morgan fingerprint density at radius 2 is 1.83 bits per heavy atom. The number of nitrogens with zero attached hydrogens (tertiary/aromatic N) is 2. The third-order valence-corrected chi connectivity index (χ3v) is 8.48. The third kappa shape index (κ3) is 5.43. The van der Waals surface area contributed by atoms with E-state index in [1.54, 1.807) is 0 Å². The molecule has 1 aromatic carbocycles. The Labute approximate surface area is 206 Å². The lowest BCUT2D eigenvalue weighted by Gasteiger charge is -2.36. The Hall–Kier alpha value is -2.32. The van der Waals surface area contributed by atoms with Crippen molar-refractivity contribution in [3.05, 3.63) is 18.2 Å². The molecule has 1 aliphatic heterocycles. The van der Waals surface area contributed by atoms with Crippen molar-refractivity contribution in [2.75, 3.05) is 32.8 Å². The fraction of sp³-hybridized carbons (Fsp3) is 0.704. The number of aromatic nitrogens is 1. The van der Waals surface area contributed by atoms with Crippen LogP contribution in [0.4, 0.5) is 0 Å². The number of aliphatic hydroxyl groups excluding tert-OH is 1. The highest BCUT2D eigenvalue weighted by Crippen LogP contribution is 2.40. The zero-order valence-electron chi connectivity index (χ0n) is 20.5. The van der Waals surface area contributed by atoms with Crippen LogP contribution < -0.4 is 9.47 Å². The van der Waals surface area contributed by atoms with Crippen LogP contribution >= 0.6 is 0 Å². The van der Waals surface area contributed by atoms with Gasteiger partial charge in [0.15, 0.2) is 5.58 Å². The molecule has 8 heteroatoms. The van der Waals surface area contributed by atoms with E-state index < -0.39 is 11.4 Å². The molecule has 192 valence electrons. The van der Waals surface area contributed by atoms with Crippen molar-refractivity contribution in [1.29, 1.82) is 0 Å². The van der Waals surface area contributed by atoms with E-state index in [0.717, 1.165) is 88.4 Å². The summed E-state index contributed by atoms with van der Waals surface area (Å²) in [6.45, 7) is 3.31. The minimum atomic E-state index is -0.627. The van der Waals surface area contributed by atoms with E-state index in [1.807, 2.05) is 18.2 Å². The number of likely N-dealkylation sites (tertiary alicyclic amines) is 1. The normalized spacial score (nSPS) is 25.6. The van der Waals surface area contributed by atoms with Gasteiger partial charge in [0.2, 0.25) is 0 Å². The van der Waals surface area contributed by atoms with E-state index in [2.05, 4.69) is 10.1 Å². The highest BCUT2D eigenvalue weighted by atomic mass is 16.5. The van der Waals surface area contributed by atoms with E-state index in [9.17, 15) is 15.0 Å². The Morgan fingerprint density at radius 3 is 2.51 bits per heavy atom. The fourth-order valence-corrected chi connectivity index (χ4v) is 6.17. The maximum Gasteiger partial charge on any atom is 0.310 e. The number of benzene rings is 1. The van der Waals surface area contributed by atoms with E-state index in [-0.39, 0.29) is 12.7 Å². The molecule has 0 atom stereocenters. The van der Waals surface area contributed by atoms with Crippen LogP contribution in [-0.4, -0.2) is 65.2 Å². The summed E-state index contributed by atoms with van der Waals surface area (Å²) in [6.07, 6.45) is 9.60. The summed E-state index contributed by atoms with van der Waals surface area (Å²) in [4.78, 5) is 14.2. The number of aliphatic hydroxyl groups is 1. The molecule has 0 radical (unpaired) electrons. The van der Waals surface area contributed by atoms with Gasteiger partial charge in [-0.25, -0.2) is 0 Å². The Kier molecular flexibility index (Phi) is 7.48. The summed E-state index contributed by atoms with van der Waals surface area (Å²) in [6, 6.07) is 5.74. The SMILES string of the molecule is O=C(O)C1(CN2CCC(COc3noc4cccc(O[C@H]5CC[C@@H](CO)CC5)c34)CC2)CCCC1. The number of rotatable bonds is 9. The second-order valence-electron chi connectivity index (χ2n) is 10.9. The fourth-order valence-electron chi connectivity index (χ4n) is 6.17. The first-order valence-corrected chi connectivity index (χ1v) is 13.3. The molecule has 5 rings (SSSR count). The third-order valence-electron chi connectivity index (χ3n) is 8.48. The summed E-state index contributed by atoms with van der Waals surface area (Å²) < 4.78 is 18.0. The maximum atomic E-state index is 11.9. The summed E-state index contributed by atoms with van der Waals surface area (Å²) in [7, 11) is 0. The number of carboxylic acid groups (broad SMARTS) is 1. The average molecular weight is 487 g/mol. The van der Waals surface area contributed by atoms with Crippen LogP contribution in [0, 0.1) is 17.3 Å². The predicted octanol–water partition coefficient (Wildman–Crippen LogP) is 4.49. The molecule has 2 aliphatic carbocycles. The highest BCUT2D eigenvalue weighted by molar-refractivity contribution is 5.88. The molecular formula is C27H38N2O6. The topological polar surface area (TPSA) is 105 Å². The number of ether oxygens (including phenoxy) is 2. The van der Waals surface area contributed by atoms with Gasteiger partial charge in [-0.1, -0.05) is 18.9 Å². The lowest BCUT2D eigenvalue weighted by molar-refractivity contribution is -0.150. The van der Waals surface area contributed by atoms with Crippen LogP contribution in [0.5, 0.6) is 11.6 Å². The zero-order valence-corrected chi connectivity index (χ0v) is 20.5. The first kappa shape index (κ1) is 24.4. The quantitative estimate of drug-likeness (QED) is 0.534. The number of fused-ring (bicyclic) bond motifs is 1. The van der Waals surface area contributed by atoms with Crippen molar-refractivity contribution in [3.63, 3.8) is 0 Å². The van der Waals surface area contributed by atoms with Gasteiger partial charge in [0.05, 0.1) is 18.1 Å². The molecule has 1 aromatic heterocycles. The van der Waals surface area contributed by atoms with Gasteiger partial charge in [0.1, 0.15) is 11.1 Å². The lowest BCUT2D eigenvalue weighted by Crippen LogP contribution is -2.45. The van der Waals surface area contributed by atoms with Crippen LogP contribution in [0.3, 0.4) is 0 Å². The van der Waals surface area contributed by atoms with Crippen molar-refractivity contribution in [2.24, 2.45) is 17.3 Å². The first-order valence-electron chi connectivity index (χ1n) is 13.3. The van der Waals surface area contributed by atoms with E-state index in [0.29, 0.717) is 36.5 Å². The van der Waals surface area contributed by atoms with Gasteiger partial charge >= 0.3 is 5.97 Å². The number of carbonyl (C=O) groups is 1. The Morgan fingerprint density at radius 1 is 1.09 bits per heavy atom. The van der Waals surface area contributed by atoms with Crippen LogP contribution in [-0.2, 0) is 4.79 Å². The van der Waals surface area contributed by atoms with Crippen molar-refractivity contribution < 1.29 is 29.0 Å². The number of piperidine rings is 1. The molecule has 3 aliphatic rings. The van der Waals surface area contributed by atoms with E-state index >= 15 is 0 Å². The number of hydrogen-bond acceptors (Lipinski definition) is 7. The largest absolute Gasteiger partial charge is 0.489 e. The molecule has 0 amide bonds. The second-order valence-corrected chi connectivity index (χ2v) is 10.9. The Bertz CT molecular complexity index is 985. The Balaban J connectivity index is 1.16. The van der Waals surface area contributed by atoms with Crippen LogP contribution in [0.1, 0.15) is 64.2 Å². The number of aliphatic carboxylic acids is 1. The van der Waals surface area contributed by atoms with E-state index in [1.165, 1.54) is 0 Å². The molecule has 35 heavy (non-hydrogen) atoms. The molecule has 2 heterocycles. The lowest BCUT2D eigenvalue weighted by atomic mass is 9.84. The molecule has 0 spiro atoms. The predicted molar refractivity (Wildman–Crippen MR) is 131 cm³/mol. The summed E-state index contributed by atoms with van der Waals surface area (Å²) in [5.41, 5.74) is 0.114. The van der Waals surface area contributed by atoms with Crippen molar-refractivity contribution in [2.45, 2.75) is 70.3 Å². The van der Waals surface area contributed by atoms with Crippen molar-refractivity contribution >= 4 is 16.9 Å². The van der Waals surface area contributed by atoms with Crippen molar-refractivity contribution in [3.8, 4) is 11.6 Å². The first-order chi connectivity index (χ1) is 17.1. The molecular weight excluding hydrogens is 448 g/mol.